The Balaban J connectivity index is 1.52. The van der Waals surface area contributed by atoms with Gasteiger partial charge in [-0.25, -0.2) is 0 Å². The van der Waals surface area contributed by atoms with Crippen LogP contribution < -0.4 is 25.1 Å². The molecule has 0 aliphatic carbocycles. The monoisotopic (exact) mass is 356 g/mol. The van der Waals surface area contributed by atoms with Crippen molar-refractivity contribution in [2.24, 2.45) is 0 Å². The van der Waals surface area contributed by atoms with E-state index in [1.54, 1.807) is 42.5 Å². The zero-order valence-corrected chi connectivity index (χ0v) is 14.4. The standard InChI is InChI=1S/C19H20N2O5/c1-2-3-10-24-15-7-4-13(5-8-15)18(22)20-21-19(23)14-6-9-16-17(11-14)26-12-25-16/h4-9,11H,2-3,10,12H2,1H3,(H,20,22)(H,21,23). The summed E-state index contributed by atoms with van der Waals surface area (Å²) < 4.78 is 16.0. The fourth-order valence-electron chi connectivity index (χ4n) is 2.33. The quantitative estimate of drug-likeness (QED) is 0.614. The molecule has 7 nitrogen and oxygen atoms in total. The summed E-state index contributed by atoms with van der Waals surface area (Å²) in [5.74, 6) is 0.934. The lowest BCUT2D eigenvalue weighted by Crippen LogP contribution is -2.41. The highest BCUT2D eigenvalue weighted by Gasteiger charge is 2.16. The molecule has 0 bridgehead atoms. The van der Waals surface area contributed by atoms with Crippen molar-refractivity contribution >= 4 is 11.8 Å². The van der Waals surface area contributed by atoms with Crippen molar-refractivity contribution in [1.82, 2.24) is 10.9 Å². The lowest BCUT2D eigenvalue weighted by Gasteiger charge is -2.09. The number of carbonyl (C=O) groups excluding carboxylic acids is 2. The number of rotatable bonds is 6. The number of amides is 2. The zero-order chi connectivity index (χ0) is 18.4. The Morgan fingerprint density at radius 2 is 1.62 bits per heavy atom. The number of carbonyl (C=O) groups is 2. The van der Waals surface area contributed by atoms with Crippen molar-refractivity contribution in [3.8, 4) is 17.2 Å². The van der Waals surface area contributed by atoms with Gasteiger partial charge in [0.25, 0.3) is 11.8 Å². The van der Waals surface area contributed by atoms with E-state index >= 15 is 0 Å². The molecule has 0 saturated carbocycles. The molecule has 1 aliphatic heterocycles. The van der Waals surface area contributed by atoms with Crippen LogP contribution in [0.5, 0.6) is 17.2 Å². The van der Waals surface area contributed by atoms with Crippen LogP contribution in [0, 0.1) is 0 Å². The maximum absolute atomic E-state index is 12.1. The summed E-state index contributed by atoms with van der Waals surface area (Å²) in [5, 5.41) is 0. The Hall–Kier alpha value is -3.22. The Kier molecular flexibility index (Phi) is 5.58. The van der Waals surface area contributed by atoms with Crippen LogP contribution in [0.15, 0.2) is 42.5 Å². The van der Waals surface area contributed by atoms with Gasteiger partial charge in [0.15, 0.2) is 11.5 Å². The maximum Gasteiger partial charge on any atom is 0.269 e. The van der Waals surface area contributed by atoms with Crippen LogP contribution in [0.1, 0.15) is 40.5 Å². The van der Waals surface area contributed by atoms with Crippen molar-refractivity contribution < 1.29 is 23.8 Å². The van der Waals surface area contributed by atoms with Crippen LogP contribution in [0.25, 0.3) is 0 Å². The van der Waals surface area contributed by atoms with Crippen LogP contribution >= 0.6 is 0 Å². The van der Waals surface area contributed by atoms with E-state index in [2.05, 4.69) is 17.8 Å². The molecule has 26 heavy (non-hydrogen) atoms. The Labute approximate surface area is 151 Å². The molecule has 2 aromatic carbocycles. The highest BCUT2D eigenvalue weighted by molar-refractivity contribution is 5.99. The minimum absolute atomic E-state index is 0.134. The zero-order valence-electron chi connectivity index (χ0n) is 14.4. The van der Waals surface area contributed by atoms with E-state index in [0.29, 0.717) is 35.0 Å². The van der Waals surface area contributed by atoms with Gasteiger partial charge in [0, 0.05) is 11.1 Å². The molecule has 1 heterocycles. The van der Waals surface area contributed by atoms with Gasteiger partial charge in [-0.15, -0.1) is 0 Å². The molecule has 3 rings (SSSR count). The average Bonchev–Trinajstić information content (AvgIpc) is 3.14. The minimum atomic E-state index is -0.448. The number of fused-ring (bicyclic) bond motifs is 1. The normalized spacial score (nSPS) is 11.7. The lowest BCUT2D eigenvalue weighted by atomic mass is 10.2. The summed E-state index contributed by atoms with van der Waals surface area (Å²) in [7, 11) is 0. The predicted octanol–water partition coefficient (Wildman–Crippen LogP) is 2.67. The van der Waals surface area contributed by atoms with Gasteiger partial charge >= 0.3 is 0 Å². The van der Waals surface area contributed by atoms with E-state index in [1.807, 2.05) is 0 Å². The Bertz CT molecular complexity index is 789. The Morgan fingerprint density at radius 3 is 2.35 bits per heavy atom. The molecule has 0 fully saturated rings. The number of ether oxygens (including phenoxy) is 3. The van der Waals surface area contributed by atoms with E-state index in [4.69, 9.17) is 14.2 Å². The molecule has 0 radical (unpaired) electrons. The van der Waals surface area contributed by atoms with Crippen LogP contribution in [0.3, 0.4) is 0 Å². The summed E-state index contributed by atoms with van der Waals surface area (Å²) in [6, 6.07) is 11.5. The van der Waals surface area contributed by atoms with Gasteiger partial charge in [-0.05, 0) is 48.9 Å². The molecule has 0 aromatic heterocycles. The third kappa shape index (κ3) is 4.24. The second-order valence-corrected chi connectivity index (χ2v) is 5.70. The van der Waals surface area contributed by atoms with E-state index in [1.165, 1.54) is 0 Å². The third-order valence-corrected chi connectivity index (χ3v) is 3.81. The third-order valence-electron chi connectivity index (χ3n) is 3.81. The second-order valence-electron chi connectivity index (χ2n) is 5.70. The number of hydrogen-bond acceptors (Lipinski definition) is 5. The number of benzene rings is 2. The van der Waals surface area contributed by atoms with Crippen molar-refractivity contribution in [3.05, 3.63) is 53.6 Å². The predicted molar refractivity (Wildman–Crippen MR) is 94.3 cm³/mol. The van der Waals surface area contributed by atoms with Gasteiger partial charge in [-0.2, -0.15) is 0 Å². The number of nitrogens with one attached hydrogen (secondary N) is 2. The van der Waals surface area contributed by atoms with Crippen LogP contribution in [-0.2, 0) is 0 Å². The summed E-state index contributed by atoms with van der Waals surface area (Å²) in [5.41, 5.74) is 5.54. The molecule has 0 atom stereocenters. The first-order valence-electron chi connectivity index (χ1n) is 8.40. The van der Waals surface area contributed by atoms with Gasteiger partial charge in [0.1, 0.15) is 5.75 Å². The molecular formula is C19H20N2O5. The SMILES string of the molecule is CCCCOc1ccc(C(=O)NNC(=O)c2ccc3c(c2)OCO3)cc1. The summed E-state index contributed by atoms with van der Waals surface area (Å²) in [4.78, 5) is 24.3. The number of unbranched alkanes of at least 4 members (excludes halogenated alkanes) is 1. The minimum Gasteiger partial charge on any atom is -0.494 e. The van der Waals surface area contributed by atoms with E-state index < -0.39 is 11.8 Å². The summed E-state index contributed by atoms with van der Waals surface area (Å²) >= 11 is 0. The first kappa shape index (κ1) is 17.6. The molecule has 2 N–H and O–H groups in total. The largest absolute Gasteiger partial charge is 0.494 e. The molecule has 0 saturated heterocycles. The van der Waals surface area contributed by atoms with Crippen molar-refractivity contribution in [1.29, 1.82) is 0 Å². The van der Waals surface area contributed by atoms with E-state index in [-0.39, 0.29) is 6.79 Å². The second kappa shape index (κ2) is 8.24. The van der Waals surface area contributed by atoms with E-state index in [9.17, 15) is 9.59 Å². The van der Waals surface area contributed by atoms with Crippen molar-refractivity contribution in [2.75, 3.05) is 13.4 Å². The molecule has 7 heteroatoms. The molecule has 0 unspecified atom stereocenters. The first-order chi connectivity index (χ1) is 12.7. The van der Waals surface area contributed by atoms with Crippen LogP contribution in [-0.4, -0.2) is 25.2 Å². The molecule has 136 valence electrons. The molecule has 1 aliphatic rings. The van der Waals surface area contributed by atoms with Gasteiger partial charge in [0.05, 0.1) is 6.61 Å². The van der Waals surface area contributed by atoms with Gasteiger partial charge in [-0.1, -0.05) is 13.3 Å². The van der Waals surface area contributed by atoms with Gasteiger partial charge < -0.3 is 14.2 Å². The lowest BCUT2D eigenvalue weighted by molar-refractivity contribution is 0.0846. The smallest absolute Gasteiger partial charge is 0.269 e. The highest BCUT2D eigenvalue weighted by atomic mass is 16.7. The van der Waals surface area contributed by atoms with Crippen LogP contribution in [0.2, 0.25) is 0 Å². The molecular weight excluding hydrogens is 336 g/mol. The van der Waals surface area contributed by atoms with E-state index in [0.717, 1.165) is 12.8 Å². The topological polar surface area (TPSA) is 85.9 Å². The van der Waals surface area contributed by atoms with Crippen molar-refractivity contribution in [2.45, 2.75) is 19.8 Å². The summed E-state index contributed by atoms with van der Waals surface area (Å²) in [6.07, 6.45) is 2.04. The summed E-state index contributed by atoms with van der Waals surface area (Å²) in [6.45, 7) is 2.87. The number of hydrazine groups is 1. The number of hydrogen-bond donors (Lipinski definition) is 2. The van der Waals surface area contributed by atoms with Crippen molar-refractivity contribution in [3.63, 3.8) is 0 Å². The molecule has 0 spiro atoms. The Morgan fingerprint density at radius 1 is 0.962 bits per heavy atom. The molecule has 2 amide bonds. The average molecular weight is 356 g/mol. The fraction of sp³-hybridized carbons (Fsp3) is 0.263. The first-order valence-corrected chi connectivity index (χ1v) is 8.40. The fourth-order valence-corrected chi connectivity index (χ4v) is 2.33. The highest BCUT2D eigenvalue weighted by Crippen LogP contribution is 2.32. The van der Waals surface area contributed by atoms with Gasteiger partial charge in [0.2, 0.25) is 6.79 Å². The molecule has 2 aromatic rings. The maximum atomic E-state index is 12.1. The van der Waals surface area contributed by atoms with Crippen LogP contribution in [0.4, 0.5) is 0 Å². The van der Waals surface area contributed by atoms with Gasteiger partial charge in [-0.3, -0.25) is 20.4 Å².